The molecule has 0 radical (unpaired) electrons. The summed E-state index contributed by atoms with van der Waals surface area (Å²) in [5.41, 5.74) is 1.64. The van der Waals surface area contributed by atoms with Gasteiger partial charge in [-0.05, 0) is 43.5 Å². The molecule has 23 heavy (non-hydrogen) atoms. The number of nitrogens with zero attached hydrogens (tertiary/aromatic N) is 1. The fourth-order valence-corrected chi connectivity index (χ4v) is 2.63. The Kier molecular flexibility index (Phi) is 6.26. The lowest BCUT2D eigenvalue weighted by Gasteiger charge is -2.32. The van der Waals surface area contributed by atoms with Gasteiger partial charge in [0.1, 0.15) is 0 Å². The number of carbonyl (C=O) groups excluding carboxylic acids is 1. The van der Waals surface area contributed by atoms with Gasteiger partial charge in [0.05, 0.1) is 12.5 Å². The van der Waals surface area contributed by atoms with Gasteiger partial charge >= 0.3 is 12.1 Å². The van der Waals surface area contributed by atoms with Crippen LogP contribution in [0.2, 0.25) is 0 Å². The second kappa shape index (κ2) is 8.41. The molecule has 1 aromatic carbocycles. The van der Waals surface area contributed by atoms with Gasteiger partial charge < -0.3 is 14.7 Å². The van der Waals surface area contributed by atoms with Crippen LogP contribution in [0.1, 0.15) is 32.6 Å². The Balaban J connectivity index is 1.89. The first kappa shape index (κ1) is 17.1. The number of carboxylic acid groups (broad SMARTS) is 1. The molecule has 0 spiro atoms. The molecule has 1 unspecified atom stereocenters. The van der Waals surface area contributed by atoms with Crippen LogP contribution in [0.15, 0.2) is 24.3 Å². The number of hydrogen-bond acceptors (Lipinski definition) is 4. The number of nitrogens with one attached hydrogen (secondary N) is 1. The van der Waals surface area contributed by atoms with E-state index < -0.39 is 12.1 Å². The maximum absolute atomic E-state index is 11.6. The zero-order valence-corrected chi connectivity index (χ0v) is 13.5. The molecular formula is C17H24N2O4. The molecule has 1 aromatic rings. The molecule has 1 heterocycles. The molecule has 126 valence electrons. The number of ether oxygens (including phenoxy) is 1. The number of aliphatic carboxylic acids is 1. The van der Waals surface area contributed by atoms with E-state index in [1.807, 2.05) is 19.1 Å². The number of unbranched alkanes of at least 4 members (excludes halogenated alkanes) is 1. The Morgan fingerprint density at radius 2 is 2.09 bits per heavy atom. The van der Waals surface area contributed by atoms with Crippen molar-refractivity contribution in [2.24, 2.45) is 5.92 Å². The Hall–Kier alpha value is -2.24. The lowest BCUT2D eigenvalue weighted by Crippen LogP contribution is -2.38. The molecular weight excluding hydrogens is 296 g/mol. The molecule has 2 N–H and O–H groups in total. The number of carboxylic acids is 1. The second-order valence-electron chi connectivity index (χ2n) is 5.78. The molecule has 0 saturated carbocycles. The largest absolute Gasteiger partial charge is 0.481 e. The predicted octanol–water partition coefficient (Wildman–Crippen LogP) is 3.34. The van der Waals surface area contributed by atoms with E-state index in [1.165, 1.54) is 0 Å². The zero-order chi connectivity index (χ0) is 16.7. The van der Waals surface area contributed by atoms with Gasteiger partial charge in [-0.15, -0.1) is 0 Å². The molecule has 1 atom stereocenters. The standard InChI is InChI=1S/C17H24N2O4/c1-2-3-11-23-17(22)18-14-6-8-15(9-7-14)19-10-4-5-13(12-19)16(20)21/h6-9,13H,2-5,10-12H2,1H3,(H,18,22)(H,20,21). The van der Waals surface area contributed by atoms with Crippen molar-refractivity contribution in [3.05, 3.63) is 24.3 Å². The van der Waals surface area contributed by atoms with Crippen LogP contribution in [0.3, 0.4) is 0 Å². The minimum atomic E-state index is -0.734. The Morgan fingerprint density at radius 1 is 1.35 bits per heavy atom. The highest BCUT2D eigenvalue weighted by molar-refractivity contribution is 5.84. The van der Waals surface area contributed by atoms with E-state index in [1.54, 1.807) is 12.1 Å². The quantitative estimate of drug-likeness (QED) is 0.786. The van der Waals surface area contributed by atoms with Crippen molar-refractivity contribution in [3.8, 4) is 0 Å². The number of piperidine rings is 1. The summed E-state index contributed by atoms with van der Waals surface area (Å²) in [6.45, 7) is 3.84. The molecule has 1 fully saturated rings. The number of rotatable bonds is 6. The Labute approximate surface area is 136 Å². The number of benzene rings is 1. The van der Waals surface area contributed by atoms with Crippen molar-refractivity contribution in [2.75, 3.05) is 29.9 Å². The summed E-state index contributed by atoms with van der Waals surface area (Å²) in [5, 5.41) is 11.8. The van der Waals surface area contributed by atoms with Crippen molar-refractivity contribution < 1.29 is 19.4 Å². The van der Waals surface area contributed by atoms with Crippen LogP contribution in [0, 0.1) is 5.92 Å². The van der Waals surface area contributed by atoms with Crippen LogP contribution in [-0.4, -0.2) is 36.9 Å². The monoisotopic (exact) mass is 320 g/mol. The molecule has 1 amide bonds. The first-order chi connectivity index (χ1) is 11.1. The summed E-state index contributed by atoms with van der Waals surface area (Å²) in [6, 6.07) is 7.40. The van der Waals surface area contributed by atoms with Crippen LogP contribution in [0.5, 0.6) is 0 Å². The average Bonchev–Trinajstić information content (AvgIpc) is 2.56. The van der Waals surface area contributed by atoms with Gasteiger partial charge in [0.25, 0.3) is 0 Å². The van der Waals surface area contributed by atoms with E-state index in [0.29, 0.717) is 18.8 Å². The third-order valence-corrected chi connectivity index (χ3v) is 3.98. The maximum Gasteiger partial charge on any atom is 0.411 e. The molecule has 2 rings (SSSR count). The van der Waals surface area contributed by atoms with Crippen LogP contribution >= 0.6 is 0 Å². The van der Waals surface area contributed by atoms with Gasteiger partial charge in [0, 0.05) is 24.5 Å². The van der Waals surface area contributed by atoms with Crippen molar-refractivity contribution in [1.82, 2.24) is 0 Å². The topological polar surface area (TPSA) is 78.9 Å². The summed E-state index contributed by atoms with van der Waals surface area (Å²) in [6.07, 6.45) is 2.99. The maximum atomic E-state index is 11.6. The molecule has 0 aromatic heterocycles. The van der Waals surface area contributed by atoms with E-state index in [2.05, 4.69) is 10.2 Å². The van der Waals surface area contributed by atoms with Crippen LogP contribution in [0.25, 0.3) is 0 Å². The minimum absolute atomic E-state index is 0.310. The van der Waals surface area contributed by atoms with E-state index in [-0.39, 0.29) is 5.92 Å². The van der Waals surface area contributed by atoms with Gasteiger partial charge in [0.2, 0.25) is 0 Å². The molecule has 1 saturated heterocycles. The number of carbonyl (C=O) groups is 2. The predicted molar refractivity (Wildman–Crippen MR) is 88.9 cm³/mol. The Bertz CT molecular complexity index is 530. The average molecular weight is 320 g/mol. The smallest absolute Gasteiger partial charge is 0.411 e. The lowest BCUT2D eigenvalue weighted by atomic mass is 9.98. The third-order valence-electron chi connectivity index (χ3n) is 3.98. The molecule has 1 aliphatic rings. The van der Waals surface area contributed by atoms with Crippen LogP contribution < -0.4 is 10.2 Å². The number of anilines is 2. The first-order valence-corrected chi connectivity index (χ1v) is 8.11. The fraction of sp³-hybridized carbons (Fsp3) is 0.529. The van der Waals surface area contributed by atoms with Crippen LogP contribution in [0.4, 0.5) is 16.2 Å². The molecule has 6 nitrogen and oxygen atoms in total. The van der Waals surface area contributed by atoms with Gasteiger partial charge in [-0.25, -0.2) is 4.79 Å². The molecule has 0 bridgehead atoms. The van der Waals surface area contributed by atoms with E-state index in [4.69, 9.17) is 9.84 Å². The molecule has 1 aliphatic heterocycles. The van der Waals surface area contributed by atoms with Crippen molar-refractivity contribution in [2.45, 2.75) is 32.6 Å². The lowest BCUT2D eigenvalue weighted by molar-refractivity contribution is -0.141. The summed E-state index contributed by atoms with van der Waals surface area (Å²) < 4.78 is 5.05. The van der Waals surface area contributed by atoms with Crippen molar-refractivity contribution in [3.63, 3.8) is 0 Å². The SMILES string of the molecule is CCCCOC(=O)Nc1ccc(N2CCCC(C(=O)O)C2)cc1. The highest BCUT2D eigenvalue weighted by Gasteiger charge is 2.25. The van der Waals surface area contributed by atoms with Crippen LogP contribution in [-0.2, 0) is 9.53 Å². The third kappa shape index (κ3) is 5.16. The highest BCUT2D eigenvalue weighted by atomic mass is 16.5. The fourth-order valence-electron chi connectivity index (χ4n) is 2.63. The summed E-state index contributed by atoms with van der Waals surface area (Å²) in [4.78, 5) is 24.8. The zero-order valence-electron chi connectivity index (χ0n) is 13.5. The van der Waals surface area contributed by atoms with Gasteiger partial charge in [-0.2, -0.15) is 0 Å². The molecule has 6 heteroatoms. The second-order valence-corrected chi connectivity index (χ2v) is 5.78. The van der Waals surface area contributed by atoms with E-state index in [0.717, 1.165) is 37.9 Å². The van der Waals surface area contributed by atoms with Crippen molar-refractivity contribution in [1.29, 1.82) is 0 Å². The first-order valence-electron chi connectivity index (χ1n) is 8.11. The number of amides is 1. The summed E-state index contributed by atoms with van der Waals surface area (Å²) in [5.74, 6) is -1.04. The summed E-state index contributed by atoms with van der Waals surface area (Å²) in [7, 11) is 0. The van der Waals surface area contributed by atoms with Gasteiger partial charge in [0.15, 0.2) is 0 Å². The van der Waals surface area contributed by atoms with Gasteiger partial charge in [-0.3, -0.25) is 10.1 Å². The van der Waals surface area contributed by atoms with Crippen molar-refractivity contribution >= 4 is 23.4 Å². The van der Waals surface area contributed by atoms with Gasteiger partial charge in [-0.1, -0.05) is 13.3 Å². The normalized spacial score (nSPS) is 17.6. The minimum Gasteiger partial charge on any atom is -0.481 e. The summed E-state index contributed by atoms with van der Waals surface area (Å²) >= 11 is 0. The Morgan fingerprint density at radius 3 is 2.74 bits per heavy atom. The molecule has 0 aliphatic carbocycles. The number of hydrogen-bond donors (Lipinski definition) is 2. The van der Waals surface area contributed by atoms with E-state index >= 15 is 0 Å². The van der Waals surface area contributed by atoms with E-state index in [9.17, 15) is 9.59 Å². The highest BCUT2D eigenvalue weighted by Crippen LogP contribution is 2.24.